The van der Waals surface area contributed by atoms with Crippen molar-refractivity contribution in [3.8, 4) is 0 Å². The molecule has 10 heteroatoms. The Balaban J connectivity index is 1.33. The standard InChI is InChI=1S/C29H32N6O4/c1-17(2)28(36)32-18(3)39-29(37)31-15-19-10-12-20(13-11-19)16-35-25-21-7-4-5-8-22(21)33-26(30)24(25)34-27(35)23-9-6-14-38-23/h4-5,7-8,10-13,18,23H,1,6,9,14-16H2,2-3H3,(H2,30,33)(H,31,37)(H,32,36). The van der Waals surface area contributed by atoms with Crippen LogP contribution < -0.4 is 16.4 Å². The number of nitrogen functional groups attached to an aromatic ring is 1. The third kappa shape index (κ3) is 5.70. The van der Waals surface area contributed by atoms with Crippen LogP contribution in [0.4, 0.5) is 10.6 Å². The minimum Gasteiger partial charge on any atom is -0.426 e. The molecule has 2 unspecified atom stereocenters. The zero-order valence-electron chi connectivity index (χ0n) is 22.1. The van der Waals surface area contributed by atoms with E-state index in [1.54, 1.807) is 13.8 Å². The second-order valence-electron chi connectivity index (χ2n) is 9.74. The number of carbonyl (C=O) groups is 2. The number of aromatic nitrogens is 3. The average molecular weight is 529 g/mol. The number of nitrogens with one attached hydrogen (secondary N) is 2. The summed E-state index contributed by atoms with van der Waals surface area (Å²) in [5, 5.41) is 6.24. The smallest absolute Gasteiger partial charge is 0.409 e. The van der Waals surface area contributed by atoms with Crippen molar-refractivity contribution in [3.63, 3.8) is 0 Å². The van der Waals surface area contributed by atoms with Gasteiger partial charge in [-0.3, -0.25) is 4.79 Å². The van der Waals surface area contributed by atoms with Gasteiger partial charge in [-0.1, -0.05) is 49.0 Å². The zero-order chi connectivity index (χ0) is 27.5. The van der Waals surface area contributed by atoms with E-state index < -0.39 is 12.3 Å². The maximum absolute atomic E-state index is 12.1. The lowest BCUT2D eigenvalue weighted by Crippen LogP contribution is -2.39. The number of benzene rings is 2. The predicted octanol–water partition coefficient (Wildman–Crippen LogP) is 4.33. The molecule has 0 saturated carbocycles. The summed E-state index contributed by atoms with van der Waals surface area (Å²) in [6, 6.07) is 15.9. The molecule has 4 N–H and O–H groups in total. The number of ether oxygens (including phenoxy) is 2. The van der Waals surface area contributed by atoms with Crippen LogP contribution in [0.5, 0.6) is 0 Å². The fourth-order valence-corrected chi connectivity index (χ4v) is 4.72. The van der Waals surface area contributed by atoms with E-state index in [0.717, 1.165) is 46.2 Å². The van der Waals surface area contributed by atoms with Crippen molar-refractivity contribution < 1.29 is 19.1 Å². The molecule has 1 fully saturated rings. The van der Waals surface area contributed by atoms with Gasteiger partial charge < -0.3 is 30.4 Å². The topological polar surface area (TPSA) is 133 Å². The Morgan fingerprint density at radius 2 is 1.92 bits per heavy atom. The van der Waals surface area contributed by atoms with Gasteiger partial charge in [0.25, 0.3) is 0 Å². The molecule has 0 spiro atoms. The van der Waals surface area contributed by atoms with E-state index in [-0.39, 0.29) is 18.6 Å². The van der Waals surface area contributed by atoms with Crippen molar-refractivity contribution in [1.82, 2.24) is 25.2 Å². The van der Waals surface area contributed by atoms with Crippen LogP contribution in [-0.2, 0) is 27.4 Å². The number of para-hydroxylation sites is 1. The largest absolute Gasteiger partial charge is 0.426 e. The van der Waals surface area contributed by atoms with Crippen LogP contribution in [0.1, 0.15) is 49.7 Å². The second-order valence-corrected chi connectivity index (χ2v) is 9.74. The van der Waals surface area contributed by atoms with E-state index in [0.29, 0.717) is 30.1 Å². The Labute approximate surface area is 226 Å². The molecule has 5 rings (SSSR count). The minimum absolute atomic E-state index is 0.0902. The van der Waals surface area contributed by atoms with Gasteiger partial charge in [0, 0.05) is 30.7 Å². The molecule has 2 atom stereocenters. The lowest BCUT2D eigenvalue weighted by Gasteiger charge is -2.16. The summed E-state index contributed by atoms with van der Waals surface area (Å²) in [4.78, 5) is 33.3. The van der Waals surface area contributed by atoms with Crippen molar-refractivity contribution in [2.45, 2.75) is 52.1 Å². The number of hydrogen-bond acceptors (Lipinski definition) is 7. The molecule has 2 aromatic heterocycles. The number of hydrogen-bond donors (Lipinski definition) is 3. The Morgan fingerprint density at radius 1 is 1.18 bits per heavy atom. The van der Waals surface area contributed by atoms with E-state index in [1.165, 1.54) is 0 Å². The molecule has 4 aromatic rings. The minimum atomic E-state index is -0.778. The van der Waals surface area contributed by atoms with E-state index in [4.69, 9.17) is 20.2 Å². The molecule has 0 bridgehead atoms. The van der Waals surface area contributed by atoms with Crippen molar-refractivity contribution in [1.29, 1.82) is 0 Å². The van der Waals surface area contributed by atoms with Crippen LogP contribution in [0.15, 0.2) is 60.7 Å². The summed E-state index contributed by atoms with van der Waals surface area (Å²) in [6.07, 6.45) is 0.404. The molecule has 10 nitrogen and oxygen atoms in total. The monoisotopic (exact) mass is 528 g/mol. The van der Waals surface area contributed by atoms with Gasteiger partial charge in [-0.2, -0.15) is 0 Å². The van der Waals surface area contributed by atoms with Gasteiger partial charge in [0.2, 0.25) is 5.91 Å². The molecule has 39 heavy (non-hydrogen) atoms. The summed E-state index contributed by atoms with van der Waals surface area (Å²) in [7, 11) is 0. The number of amides is 2. The number of carbonyl (C=O) groups excluding carboxylic acids is 2. The number of fused-ring (bicyclic) bond motifs is 3. The molecule has 1 aliphatic rings. The van der Waals surface area contributed by atoms with Crippen molar-refractivity contribution in [2.75, 3.05) is 12.3 Å². The fourth-order valence-electron chi connectivity index (χ4n) is 4.72. The summed E-state index contributed by atoms with van der Waals surface area (Å²) in [6.45, 7) is 8.29. The Morgan fingerprint density at radius 3 is 2.64 bits per heavy atom. The Bertz CT molecular complexity index is 1540. The highest BCUT2D eigenvalue weighted by atomic mass is 16.6. The van der Waals surface area contributed by atoms with Crippen molar-refractivity contribution in [3.05, 3.63) is 77.6 Å². The van der Waals surface area contributed by atoms with Crippen molar-refractivity contribution >= 4 is 39.8 Å². The quantitative estimate of drug-likeness (QED) is 0.229. The number of alkyl carbamates (subject to hydrolysis) is 1. The van der Waals surface area contributed by atoms with Crippen LogP contribution in [0.3, 0.4) is 0 Å². The Hall–Kier alpha value is -4.44. The van der Waals surface area contributed by atoms with Crippen LogP contribution in [0.2, 0.25) is 0 Å². The molecule has 2 amide bonds. The third-order valence-corrected chi connectivity index (χ3v) is 6.66. The predicted molar refractivity (Wildman–Crippen MR) is 149 cm³/mol. The maximum atomic E-state index is 12.1. The lowest BCUT2D eigenvalue weighted by molar-refractivity contribution is -0.120. The van der Waals surface area contributed by atoms with Gasteiger partial charge in [-0.25, -0.2) is 14.8 Å². The average Bonchev–Trinajstić information content (AvgIpc) is 3.57. The lowest BCUT2D eigenvalue weighted by atomic mass is 10.1. The van der Waals surface area contributed by atoms with E-state index >= 15 is 0 Å². The zero-order valence-corrected chi connectivity index (χ0v) is 22.1. The highest BCUT2D eigenvalue weighted by Gasteiger charge is 2.26. The first kappa shape index (κ1) is 26.2. The molecule has 0 aliphatic carbocycles. The highest BCUT2D eigenvalue weighted by molar-refractivity contribution is 6.06. The summed E-state index contributed by atoms with van der Waals surface area (Å²) in [5.74, 6) is 0.892. The molecule has 0 radical (unpaired) electrons. The van der Waals surface area contributed by atoms with Crippen LogP contribution in [0.25, 0.3) is 21.9 Å². The van der Waals surface area contributed by atoms with Gasteiger partial charge in [-0.15, -0.1) is 0 Å². The summed E-state index contributed by atoms with van der Waals surface area (Å²) >= 11 is 0. The summed E-state index contributed by atoms with van der Waals surface area (Å²) in [5.41, 5.74) is 11.1. The Kier molecular flexibility index (Phi) is 7.47. The summed E-state index contributed by atoms with van der Waals surface area (Å²) < 4.78 is 13.4. The van der Waals surface area contributed by atoms with Gasteiger partial charge in [-0.05, 0) is 43.9 Å². The number of pyridine rings is 1. The molecular weight excluding hydrogens is 496 g/mol. The molecule has 3 heterocycles. The van der Waals surface area contributed by atoms with Crippen LogP contribution >= 0.6 is 0 Å². The SMILES string of the molecule is C=C(C)C(=O)NC(C)OC(=O)NCc1ccc(Cn2c(C3CCCO3)nc3c(N)nc4ccccc4c32)cc1. The van der Waals surface area contributed by atoms with Gasteiger partial charge >= 0.3 is 6.09 Å². The fraction of sp³-hybridized carbons (Fsp3) is 0.310. The highest BCUT2D eigenvalue weighted by Crippen LogP contribution is 2.35. The van der Waals surface area contributed by atoms with E-state index in [1.807, 2.05) is 48.5 Å². The molecule has 2 aromatic carbocycles. The molecule has 1 saturated heterocycles. The second kappa shape index (κ2) is 11.1. The number of nitrogens with two attached hydrogens (primary N) is 1. The molecular formula is C29H32N6O4. The first-order valence-electron chi connectivity index (χ1n) is 12.9. The number of rotatable bonds is 8. The van der Waals surface area contributed by atoms with Gasteiger partial charge in [0.1, 0.15) is 17.4 Å². The molecule has 1 aliphatic heterocycles. The first-order chi connectivity index (χ1) is 18.8. The van der Waals surface area contributed by atoms with Crippen LogP contribution in [0, 0.1) is 0 Å². The number of anilines is 1. The third-order valence-electron chi connectivity index (χ3n) is 6.66. The van der Waals surface area contributed by atoms with E-state index in [2.05, 4.69) is 26.8 Å². The molecule has 202 valence electrons. The number of nitrogens with zero attached hydrogens (tertiary/aromatic N) is 3. The van der Waals surface area contributed by atoms with Gasteiger partial charge in [0.15, 0.2) is 12.0 Å². The number of imidazole rings is 1. The van der Waals surface area contributed by atoms with Crippen LogP contribution in [-0.4, -0.2) is 39.4 Å². The van der Waals surface area contributed by atoms with Gasteiger partial charge in [0.05, 0.1) is 11.0 Å². The van der Waals surface area contributed by atoms with Crippen molar-refractivity contribution in [2.24, 2.45) is 0 Å². The first-order valence-corrected chi connectivity index (χ1v) is 12.9. The maximum Gasteiger partial charge on any atom is 0.409 e. The normalized spacial score (nSPS) is 15.8. The van der Waals surface area contributed by atoms with E-state index in [9.17, 15) is 9.59 Å².